The quantitative estimate of drug-likeness (QED) is 0.174. The van der Waals surface area contributed by atoms with E-state index in [1.54, 1.807) is 14.2 Å². The molecule has 0 amide bonds. The van der Waals surface area contributed by atoms with Gasteiger partial charge in [0, 0.05) is 45.4 Å². The van der Waals surface area contributed by atoms with Gasteiger partial charge in [0.25, 0.3) is 0 Å². The Hall–Kier alpha value is -8.10. The van der Waals surface area contributed by atoms with Crippen LogP contribution in [-0.2, 0) is 0 Å². The number of benzene rings is 5. The molecule has 8 heteroatoms. The van der Waals surface area contributed by atoms with Crippen LogP contribution in [0.2, 0.25) is 0 Å². The van der Waals surface area contributed by atoms with Crippen LogP contribution in [0.15, 0.2) is 146 Å². The molecule has 6 heterocycles. The van der Waals surface area contributed by atoms with E-state index in [-0.39, 0.29) is 0 Å². The van der Waals surface area contributed by atoms with E-state index in [1.165, 1.54) is 0 Å². The van der Waals surface area contributed by atoms with Crippen LogP contribution in [0.4, 0.5) is 0 Å². The smallest absolute Gasteiger partial charge is 0.163 e. The molecule has 0 saturated heterocycles. The van der Waals surface area contributed by atoms with Crippen LogP contribution >= 0.6 is 0 Å². The first-order chi connectivity index (χ1) is 29.6. The molecule has 5 aromatic carbocycles. The van der Waals surface area contributed by atoms with Gasteiger partial charge in [0.15, 0.2) is 11.5 Å². The summed E-state index contributed by atoms with van der Waals surface area (Å²) >= 11 is 0. The molecule has 0 saturated carbocycles. The predicted octanol–water partition coefficient (Wildman–Crippen LogP) is 12.4. The highest BCUT2D eigenvalue weighted by atomic mass is 16.5. The molecule has 2 aliphatic rings. The number of methoxy groups -OCH3 is 2. The molecule has 0 aliphatic carbocycles. The zero-order valence-corrected chi connectivity index (χ0v) is 32.8. The van der Waals surface area contributed by atoms with Crippen LogP contribution in [0, 0.1) is 0 Å². The Balaban J connectivity index is 1.41. The number of rotatable bonds is 6. The summed E-state index contributed by atoms with van der Waals surface area (Å²) in [6.45, 7) is 0. The van der Waals surface area contributed by atoms with Crippen LogP contribution < -0.4 is 9.47 Å². The fourth-order valence-corrected chi connectivity index (χ4v) is 8.45. The number of hydrogen-bond acceptors (Lipinski definition) is 6. The molecule has 286 valence electrons. The van der Waals surface area contributed by atoms with E-state index >= 15 is 0 Å². The topological polar surface area (TPSA) is 102 Å². The van der Waals surface area contributed by atoms with Gasteiger partial charge >= 0.3 is 0 Å². The third-order valence-electron chi connectivity index (χ3n) is 11.2. The molecule has 0 radical (unpaired) electrons. The van der Waals surface area contributed by atoms with Crippen molar-refractivity contribution in [3.8, 4) is 56.0 Å². The molecule has 8 bridgehead atoms. The van der Waals surface area contributed by atoms with Crippen molar-refractivity contribution >= 4 is 68.4 Å². The molecule has 8 nitrogen and oxygen atoms in total. The maximum absolute atomic E-state index is 5.74. The molecule has 9 aromatic rings. The highest BCUT2D eigenvalue weighted by molar-refractivity contribution is 6.15. The van der Waals surface area contributed by atoms with Crippen molar-refractivity contribution in [3.63, 3.8) is 0 Å². The lowest BCUT2D eigenvalue weighted by Crippen LogP contribution is -1.93. The Morgan fingerprint density at radius 3 is 1.05 bits per heavy atom. The second-order valence-electron chi connectivity index (χ2n) is 14.7. The molecule has 0 atom stereocenters. The van der Waals surface area contributed by atoms with Crippen molar-refractivity contribution in [1.29, 1.82) is 0 Å². The SMILES string of the molecule is COc1cc2nc3c4[nH]c(c(-c5ccccc5)c5nc(c(-c6ccccc6)c6ccc([nH]6)c(-c6ccccc6)c6nc(c4-c4ccccc4)C=C6)C=C5)c3nc2cc1OC. The number of fused-ring (bicyclic) bond motifs is 12. The van der Waals surface area contributed by atoms with Gasteiger partial charge in [-0.3, -0.25) is 0 Å². The van der Waals surface area contributed by atoms with Gasteiger partial charge in [-0.2, -0.15) is 0 Å². The van der Waals surface area contributed by atoms with E-state index in [4.69, 9.17) is 29.4 Å². The van der Waals surface area contributed by atoms with Crippen LogP contribution in [-0.4, -0.2) is 44.1 Å². The maximum Gasteiger partial charge on any atom is 0.163 e. The zero-order valence-electron chi connectivity index (χ0n) is 32.8. The number of hydrogen-bond donors (Lipinski definition) is 2. The lowest BCUT2D eigenvalue weighted by Gasteiger charge is -2.09. The molecule has 60 heavy (non-hydrogen) atoms. The van der Waals surface area contributed by atoms with Crippen molar-refractivity contribution in [2.45, 2.75) is 0 Å². The average molecular weight is 777 g/mol. The Morgan fingerprint density at radius 2 is 0.700 bits per heavy atom. The van der Waals surface area contributed by atoms with E-state index in [2.05, 4.69) is 143 Å². The predicted molar refractivity (Wildman–Crippen MR) is 244 cm³/mol. The minimum atomic E-state index is 0.572. The van der Waals surface area contributed by atoms with E-state index in [0.717, 1.165) is 89.4 Å². The fourth-order valence-electron chi connectivity index (χ4n) is 8.45. The van der Waals surface area contributed by atoms with Gasteiger partial charge in [0.2, 0.25) is 0 Å². The van der Waals surface area contributed by atoms with E-state index in [1.807, 2.05) is 36.4 Å². The summed E-state index contributed by atoms with van der Waals surface area (Å²) in [5, 5.41) is 0. The Labute approximate surface area is 345 Å². The molecule has 11 rings (SSSR count). The first kappa shape index (κ1) is 35.1. The highest BCUT2D eigenvalue weighted by Gasteiger charge is 2.23. The minimum absolute atomic E-state index is 0.572. The third kappa shape index (κ3) is 5.84. The van der Waals surface area contributed by atoms with Gasteiger partial charge in [0.1, 0.15) is 11.0 Å². The summed E-state index contributed by atoms with van der Waals surface area (Å²) in [5.41, 5.74) is 17.2. The van der Waals surface area contributed by atoms with Gasteiger partial charge < -0.3 is 19.4 Å². The normalized spacial score (nSPS) is 12.0. The first-order valence-electron chi connectivity index (χ1n) is 19.8. The fraction of sp³-hybridized carbons (Fsp3) is 0.0385. The minimum Gasteiger partial charge on any atom is -0.493 e. The largest absolute Gasteiger partial charge is 0.493 e. The Kier molecular flexibility index (Phi) is 8.41. The van der Waals surface area contributed by atoms with E-state index < -0.39 is 0 Å². The first-order valence-corrected chi connectivity index (χ1v) is 19.8. The van der Waals surface area contributed by atoms with Crippen LogP contribution in [0.25, 0.3) is 113 Å². The van der Waals surface area contributed by atoms with Gasteiger partial charge in [-0.05, 0) is 58.7 Å². The Bertz CT molecular complexity index is 3150. The molecule has 0 spiro atoms. The summed E-state index contributed by atoms with van der Waals surface area (Å²) in [5.74, 6) is 1.14. The van der Waals surface area contributed by atoms with Crippen molar-refractivity contribution in [2.24, 2.45) is 0 Å². The summed E-state index contributed by atoms with van der Waals surface area (Å²) in [6.07, 6.45) is 8.42. The second-order valence-corrected chi connectivity index (χ2v) is 14.7. The van der Waals surface area contributed by atoms with E-state index in [0.29, 0.717) is 33.6 Å². The molecule has 2 N–H and O–H groups in total. The molecular weight excluding hydrogens is 741 g/mol. The van der Waals surface area contributed by atoms with Crippen molar-refractivity contribution in [1.82, 2.24) is 29.9 Å². The summed E-state index contributed by atoms with van der Waals surface area (Å²) in [6, 6.07) is 49.6. The number of nitrogens with one attached hydrogen (secondary N) is 2. The van der Waals surface area contributed by atoms with E-state index in [9.17, 15) is 0 Å². The number of ether oxygens (including phenoxy) is 2. The standard InChI is InChI=1S/C52H36N6O2/c1-59-43-29-41-42(30-44(43)60-2)57-52-50-48(34-21-13-6-14-22-34)40-28-26-38(55-40)46(32-17-9-4-10-18-32)36-24-23-35(53-36)45(31-15-7-3-8-16-31)37-25-27-39(54-37)47(33-19-11-5-12-20-33)49(58-50)51(52)56-41/h3-30,53,58H,1-2H3. The molecular formula is C52H36N6O2. The Morgan fingerprint density at radius 1 is 0.367 bits per heavy atom. The zero-order chi connectivity index (χ0) is 40.2. The van der Waals surface area contributed by atoms with Crippen LogP contribution in [0.1, 0.15) is 22.8 Å². The van der Waals surface area contributed by atoms with Gasteiger partial charge in [-0.15, -0.1) is 0 Å². The number of aromatic nitrogens is 6. The lowest BCUT2D eigenvalue weighted by atomic mass is 10.0. The van der Waals surface area contributed by atoms with Crippen molar-refractivity contribution in [2.75, 3.05) is 14.2 Å². The molecule has 0 unspecified atom stereocenters. The van der Waals surface area contributed by atoms with Crippen molar-refractivity contribution < 1.29 is 9.47 Å². The van der Waals surface area contributed by atoms with Gasteiger partial charge in [-0.25, -0.2) is 19.9 Å². The summed E-state index contributed by atoms with van der Waals surface area (Å²) in [7, 11) is 3.26. The lowest BCUT2D eigenvalue weighted by molar-refractivity contribution is 0.355. The summed E-state index contributed by atoms with van der Waals surface area (Å²) < 4.78 is 11.5. The van der Waals surface area contributed by atoms with Gasteiger partial charge in [0.05, 0.1) is 59.1 Å². The number of nitrogens with zero attached hydrogens (tertiary/aromatic N) is 4. The number of aromatic amines is 2. The third-order valence-corrected chi connectivity index (χ3v) is 11.2. The monoisotopic (exact) mass is 776 g/mol. The maximum atomic E-state index is 5.74. The second kappa shape index (κ2) is 14.4. The molecule has 4 aromatic heterocycles. The van der Waals surface area contributed by atoms with Gasteiger partial charge in [-0.1, -0.05) is 121 Å². The summed E-state index contributed by atoms with van der Waals surface area (Å²) in [4.78, 5) is 29.5. The average Bonchev–Trinajstić information content (AvgIpc) is 4.14. The molecule has 0 fully saturated rings. The molecule has 2 aliphatic heterocycles. The van der Waals surface area contributed by atoms with Crippen LogP contribution in [0.5, 0.6) is 11.5 Å². The number of H-pyrrole nitrogens is 2. The van der Waals surface area contributed by atoms with Crippen molar-refractivity contribution in [3.05, 3.63) is 168 Å². The highest BCUT2D eigenvalue weighted by Crippen LogP contribution is 2.42. The van der Waals surface area contributed by atoms with Crippen LogP contribution in [0.3, 0.4) is 0 Å².